The van der Waals surface area contributed by atoms with Gasteiger partial charge >= 0.3 is 0 Å². The van der Waals surface area contributed by atoms with E-state index in [0.717, 1.165) is 42.9 Å². The highest BCUT2D eigenvalue weighted by molar-refractivity contribution is 5.95. The molecular weight excluding hydrogens is 484 g/mol. The van der Waals surface area contributed by atoms with Crippen LogP contribution in [0, 0.1) is 5.92 Å². The predicted octanol–water partition coefficient (Wildman–Crippen LogP) is 4.73. The van der Waals surface area contributed by atoms with Crippen molar-refractivity contribution in [2.24, 2.45) is 5.92 Å². The third kappa shape index (κ3) is 5.46. The molecule has 38 heavy (non-hydrogen) atoms. The van der Waals surface area contributed by atoms with Gasteiger partial charge in [0.1, 0.15) is 23.0 Å². The van der Waals surface area contributed by atoms with E-state index in [1.807, 2.05) is 24.3 Å². The molecule has 1 saturated heterocycles. The molecule has 1 fully saturated rings. The Bertz CT molecular complexity index is 1270. The Morgan fingerprint density at radius 3 is 2.11 bits per heavy atom. The van der Waals surface area contributed by atoms with Gasteiger partial charge in [-0.2, -0.15) is 4.98 Å². The molecule has 2 aliphatic rings. The molecule has 0 aliphatic carbocycles. The smallest absolute Gasteiger partial charge is 0.254 e. The van der Waals surface area contributed by atoms with Crippen molar-refractivity contribution in [1.29, 1.82) is 0 Å². The van der Waals surface area contributed by atoms with Crippen LogP contribution in [0.25, 0.3) is 0 Å². The van der Waals surface area contributed by atoms with Gasteiger partial charge in [0.25, 0.3) is 5.91 Å². The number of methoxy groups -OCH3 is 3. The van der Waals surface area contributed by atoms with Crippen LogP contribution in [0.2, 0.25) is 0 Å². The molecule has 0 spiro atoms. The fraction of sp³-hybridized carbons (Fsp3) is 0.414. The number of carbonyl (C=O) groups is 1. The van der Waals surface area contributed by atoms with Crippen molar-refractivity contribution in [3.05, 3.63) is 59.3 Å². The first-order chi connectivity index (χ1) is 18.5. The van der Waals surface area contributed by atoms with E-state index in [4.69, 9.17) is 28.9 Å². The molecule has 0 unspecified atom stereocenters. The summed E-state index contributed by atoms with van der Waals surface area (Å²) in [6.07, 6.45) is 2.84. The Labute approximate surface area is 223 Å². The Balaban J connectivity index is 1.46. The van der Waals surface area contributed by atoms with E-state index in [1.165, 1.54) is 0 Å². The number of hydrogen-bond donors (Lipinski definition) is 0. The number of carbonyl (C=O) groups excluding carboxylic acids is 1. The number of anilines is 1. The Morgan fingerprint density at radius 2 is 1.47 bits per heavy atom. The molecule has 0 N–H and O–H groups in total. The predicted molar refractivity (Wildman–Crippen MR) is 144 cm³/mol. The van der Waals surface area contributed by atoms with E-state index in [2.05, 4.69) is 11.8 Å². The molecule has 0 bridgehead atoms. The maximum absolute atomic E-state index is 13.5. The lowest BCUT2D eigenvalue weighted by molar-refractivity contribution is 0.0731. The number of ether oxygens (including phenoxy) is 4. The van der Waals surface area contributed by atoms with Crippen LogP contribution in [0.4, 0.5) is 5.95 Å². The fourth-order valence-electron chi connectivity index (χ4n) is 4.85. The molecule has 9 heteroatoms. The first-order valence-electron chi connectivity index (χ1n) is 13.0. The summed E-state index contributed by atoms with van der Waals surface area (Å²) in [6.45, 7) is 5.01. The number of rotatable bonds is 7. The molecule has 2 aliphatic heterocycles. The molecule has 0 atom stereocenters. The lowest BCUT2D eigenvalue weighted by Gasteiger charge is -2.33. The van der Waals surface area contributed by atoms with E-state index in [-0.39, 0.29) is 5.91 Å². The molecule has 1 amide bonds. The molecule has 3 heterocycles. The number of hydrogen-bond acceptors (Lipinski definition) is 8. The van der Waals surface area contributed by atoms with Gasteiger partial charge in [0.15, 0.2) is 0 Å². The largest absolute Gasteiger partial charge is 0.497 e. The highest BCUT2D eigenvalue weighted by Gasteiger charge is 2.29. The quantitative estimate of drug-likeness (QED) is 0.444. The van der Waals surface area contributed by atoms with Gasteiger partial charge in [-0.25, -0.2) is 4.98 Å². The monoisotopic (exact) mass is 518 g/mol. The van der Waals surface area contributed by atoms with E-state index < -0.39 is 0 Å². The van der Waals surface area contributed by atoms with Crippen molar-refractivity contribution >= 4 is 11.9 Å². The number of benzene rings is 2. The van der Waals surface area contributed by atoms with Crippen LogP contribution in [0.5, 0.6) is 28.9 Å². The summed E-state index contributed by atoms with van der Waals surface area (Å²) in [5.41, 5.74) is 2.25. The normalized spacial score (nSPS) is 15.6. The summed E-state index contributed by atoms with van der Waals surface area (Å²) in [7, 11) is 4.77. The zero-order valence-corrected chi connectivity index (χ0v) is 22.4. The van der Waals surface area contributed by atoms with Crippen molar-refractivity contribution in [1.82, 2.24) is 14.9 Å². The zero-order valence-electron chi connectivity index (χ0n) is 22.4. The second-order valence-electron chi connectivity index (χ2n) is 9.78. The van der Waals surface area contributed by atoms with Gasteiger partial charge in [-0.3, -0.25) is 4.79 Å². The van der Waals surface area contributed by atoms with E-state index in [9.17, 15) is 4.79 Å². The Morgan fingerprint density at radius 1 is 0.842 bits per heavy atom. The lowest BCUT2D eigenvalue weighted by atomic mass is 9.99. The zero-order chi connectivity index (χ0) is 26.6. The molecule has 5 rings (SSSR count). The summed E-state index contributed by atoms with van der Waals surface area (Å²) in [4.78, 5) is 27.4. The first-order valence-corrected chi connectivity index (χ1v) is 13.0. The number of piperidine rings is 1. The van der Waals surface area contributed by atoms with Crippen molar-refractivity contribution < 1.29 is 23.7 Å². The van der Waals surface area contributed by atoms with Gasteiger partial charge in [0.05, 0.1) is 39.1 Å². The Hall–Kier alpha value is -4.01. The van der Waals surface area contributed by atoms with Crippen LogP contribution < -0.4 is 23.8 Å². The molecular formula is C29H34N4O5. The van der Waals surface area contributed by atoms with Gasteiger partial charge in [-0.15, -0.1) is 0 Å². The molecule has 0 saturated carbocycles. The second-order valence-corrected chi connectivity index (χ2v) is 9.78. The highest BCUT2D eigenvalue weighted by atomic mass is 16.5. The van der Waals surface area contributed by atoms with Crippen molar-refractivity contribution in [2.45, 2.75) is 32.7 Å². The van der Waals surface area contributed by atoms with Crippen LogP contribution in [0.3, 0.4) is 0 Å². The molecule has 1 aromatic heterocycles. The fourth-order valence-corrected chi connectivity index (χ4v) is 4.85. The molecule has 2 aromatic carbocycles. The summed E-state index contributed by atoms with van der Waals surface area (Å²) < 4.78 is 22.3. The Kier molecular flexibility index (Phi) is 7.53. The van der Waals surface area contributed by atoms with Gasteiger partial charge in [-0.1, -0.05) is 6.92 Å². The third-order valence-corrected chi connectivity index (χ3v) is 7.24. The van der Waals surface area contributed by atoms with Gasteiger partial charge < -0.3 is 28.7 Å². The summed E-state index contributed by atoms with van der Waals surface area (Å²) in [6, 6.07) is 12.6. The maximum Gasteiger partial charge on any atom is 0.254 e. The molecule has 0 radical (unpaired) electrons. The van der Waals surface area contributed by atoms with Crippen molar-refractivity contribution in [3.63, 3.8) is 0 Å². The first kappa shape index (κ1) is 25.6. The minimum Gasteiger partial charge on any atom is -0.497 e. The number of fused-ring (bicyclic) bond motifs is 1. The third-order valence-electron chi connectivity index (χ3n) is 7.24. The van der Waals surface area contributed by atoms with Crippen molar-refractivity contribution in [3.8, 4) is 28.9 Å². The minimum atomic E-state index is -0.114. The average molecular weight is 519 g/mol. The lowest BCUT2D eigenvalue weighted by Crippen LogP contribution is -2.38. The average Bonchev–Trinajstić information content (AvgIpc) is 2.97. The molecule has 9 nitrogen and oxygen atoms in total. The minimum absolute atomic E-state index is 0.114. The van der Waals surface area contributed by atoms with Crippen LogP contribution in [0.15, 0.2) is 42.5 Å². The second kappa shape index (κ2) is 11.2. The molecule has 200 valence electrons. The standard InChI is InChI=1S/C29H34N4O5/c1-19-9-12-32(13-10-19)29-30-26-11-14-33(28(34)20-15-23(36-3)17-24(16-20)37-4)18-25(26)27(31-29)38-22-7-5-21(35-2)6-8-22/h5-8,15-17,19H,9-14,18H2,1-4H3. The topological polar surface area (TPSA) is 86.3 Å². The van der Waals surface area contributed by atoms with Crippen LogP contribution >= 0.6 is 0 Å². The van der Waals surface area contributed by atoms with E-state index >= 15 is 0 Å². The van der Waals surface area contributed by atoms with Gasteiger partial charge in [0.2, 0.25) is 11.8 Å². The maximum atomic E-state index is 13.5. The van der Waals surface area contributed by atoms with Crippen molar-refractivity contribution in [2.75, 3.05) is 45.9 Å². The summed E-state index contributed by atoms with van der Waals surface area (Å²) >= 11 is 0. The van der Waals surface area contributed by atoms with Crippen LogP contribution in [0.1, 0.15) is 41.4 Å². The van der Waals surface area contributed by atoms with E-state index in [0.29, 0.717) is 60.1 Å². The molecule has 3 aromatic rings. The highest BCUT2D eigenvalue weighted by Crippen LogP contribution is 2.34. The van der Waals surface area contributed by atoms with Gasteiger partial charge in [-0.05, 0) is 55.2 Å². The summed E-state index contributed by atoms with van der Waals surface area (Å²) in [5, 5.41) is 0. The van der Waals surface area contributed by atoms with E-state index in [1.54, 1.807) is 44.4 Å². The number of nitrogens with zero attached hydrogens (tertiary/aromatic N) is 4. The van der Waals surface area contributed by atoms with Crippen LogP contribution in [-0.2, 0) is 13.0 Å². The SMILES string of the molecule is COc1ccc(Oc2nc(N3CCC(C)CC3)nc3c2CN(C(=O)c2cc(OC)cc(OC)c2)CC3)cc1. The van der Waals surface area contributed by atoms with Crippen LogP contribution in [-0.4, -0.2) is 61.7 Å². The number of amides is 1. The summed E-state index contributed by atoms with van der Waals surface area (Å²) in [5.74, 6) is 4.29. The number of aromatic nitrogens is 2. The van der Waals surface area contributed by atoms with Gasteiger partial charge in [0, 0.05) is 37.7 Å².